The van der Waals surface area contributed by atoms with E-state index in [0.29, 0.717) is 5.75 Å². The summed E-state index contributed by atoms with van der Waals surface area (Å²) >= 11 is 0. The Morgan fingerprint density at radius 3 is 2.46 bits per heavy atom. The first-order valence-corrected chi connectivity index (χ1v) is 8.21. The quantitative estimate of drug-likeness (QED) is 0.835. The molecule has 0 saturated carbocycles. The summed E-state index contributed by atoms with van der Waals surface area (Å²) in [6.07, 6.45) is 0.246. The highest BCUT2D eigenvalue weighted by Crippen LogP contribution is 2.24. The van der Waals surface area contributed by atoms with Crippen LogP contribution in [0.1, 0.15) is 37.4 Å². The lowest BCUT2D eigenvalue weighted by molar-refractivity contribution is -0.128. The Morgan fingerprint density at radius 2 is 1.88 bits per heavy atom. The minimum Gasteiger partial charge on any atom is -0.496 e. The minimum atomic E-state index is -0.555. The monoisotopic (exact) mass is 327 g/mol. The van der Waals surface area contributed by atoms with Gasteiger partial charge in [0, 0.05) is 0 Å². The van der Waals surface area contributed by atoms with Gasteiger partial charge in [0.05, 0.1) is 13.2 Å². The number of hydrogen-bond donors (Lipinski definition) is 1. The van der Waals surface area contributed by atoms with Gasteiger partial charge in [0.1, 0.15) is 11.5 Å². The van der Waals surface area contributed by atoms with Gasteiger partial charge in [0.2, 0.25) is 0 Å². The lowest BCUT2D eigenvalue weighted by Gasteiger charge is -2.21. The number of ether oxygens (including phenoxy) is 2. The van der Waals surface area contributed by atoms with E-state index in [-0.39, 0.29) is 11.9 Å². The number of amides is 1. The smallest absolute Gasteiger partial charge is 0.261 e. The van der Waals surface area contributed by atoms with Gasteiger partial charge in [-0.25, -0.2) is 0 Å². The minimum absolute atomic E-state index is 0.0519. The summed E-state index contributed by atoms with van der Waals surface area (Å²) in [4.78, 5) is 12.4. The zero-order valence-electron chi connectivity index (χ0n) is 14.7. The van der Waals surface area contributed by atoms with Crippen LogP contribution in [0, 0.1) is 6.92 Å². The van der Waals surface area contributed by atoms with Gasteiger partial charge < -0.3 is 14.8 Å². The van der Waals surface area contributed by atoms with Crippen molar-refractivity contribution in [1.29, 1.82) is 0 Å². The molecule has 4 nitrogen and oxygen atoms in total. The van der Waals surface area contributed by atoms with Gasteiger partial charge in [-0.3, -0.25) is 4.79 Å². The number of carbonyl (C=O) groups excluding carboxylic acids is 1. The van der Waals surface area contributed by atoms with Crippen molar-refractivity contribution >= 4 is 5.91 Å². The normalized spacial score (nSPS) is 13.0. The molecule has 0 saturated heterocycles. The second kappa shape index (κ2) is 8.39. The molecular formula is C20H25NO3. The van der Waals surface area contributed by atoms with Gasteiger partial charge in [0.25, 0.3) is 5.91 Å². The molecule has 1 N–H and O–H groups in total. The maximum Gasteiger partial charge on any atom is 0.261 e. The van der Waals surface area contributed by atoms with E-state index in [1.54, 1.807) is 14.0 Å². The number of nitrogens with one attached hydrogen (secondary N) is 1. The maximum atomic E-state index is 12.4. The Hall–Kier alpha value is -2.49. The van der Waals surface area contributed by atoms with Crippen LogP contribution in [0.2, 0.25) is 0 Å². The van der Waals surface area contributed by atoms with E-state index in [2.05, 4.69) is 11.4 Å². The van der Waals surface area contributed by atoms with E-state index in [9.17, 15) is 4.79 Å². The van der Waals surface area contributed by atoms with E-state index < -0.39 is 6.10 Å². The van der Waals surface area contributed by atoms with Crippen molar-refractivity contribution in [3.8, 4) is 11.5 Å². The van der Waals surface area contributed by atoms with Crippen LogP contribution in [0.3, 0.4) is 0 Å². The van der Waals surface area contributed by atoms with Gasteiger partial charge in [-0.2, -0.15) is 0 Å². The van der Waals surface area contributed by atoms with Crippen LogP contribution in [0.5, 0.6) is 11.5 Å². The number of rotatable bonds is 7. The second-order valence-corrected chi connectivity index (χ2v) is 5.77. The molecule has 2 rings (SSSR count). The predicted octanol–water partition coefficient (Wildman–Crippen LogP) is 4.04. The van der Waals surface area contributed by atoms with Crippen molar-refractivity contribution in [3.05, 3.63) is 59.7 Å². The Kier molecular flexibility index (Phi) is 6.24. The van der Waals surface area contributed by atoms with Gasteiger partial charge in [-0.15, -0.1) is 0 Å². The molecule has 0 aliphatic carbocycles. The Bertz CT molecular complexity index is 670. The van der Waals surface area contributed by atoms with Gasteiger partial charge >= 0.3 is 0 Å². The number of para-hydroxylation sites is 1. The summed E-state index contributed by atoms with van der Waals surface area (Å²) in [6, 6.07) is 15.3. The Morgan fingerprint density at radius 1 is 1.17 bits per heavy atom. The van der Waals surface area contributed by atoms with Crippen LogP contribution in [0.15, 0.2) is 48.5 Å². The highest BCUT2D eigenvalue weighted by atomic mass is 16.5. The summed E-state index contributed by atoms with van der Waals surface area (Å²) < 4.78 is 11.0. The number of hydrogen-bond acceptors (Lipinski definition) is 3. The molecule has 0 aromatic heterocycles. The Labute approximate surface area is 143 Å². The van der Waals surface area contributed by atoms with Crippen LogP contribution in [-0.4, -0.2) is 19.1 Å². The summed E-state index contributed by atoms with van der Waals surface area (Å²) in [5.41, 5.74) is 2.12. The van der Waals surface area contributed by atoms with Crippen molar-refractivity contribution in [2.24, 2.45) is 0 Å². The summed E-state index contributed by atoms with van der Waals surface area (Å²) in [5, 5.41) is 3.06. The number of benzene rings is 2. The number of methoxy groups -OCH3 is 1. The zero-order chi connectivity index (χ0) is 17.5. The number of aryl methyl sites for hydroxylation is 1. The van der Waals surface area contributed by atoms with Crippen molar-refractivity contribution in [2.45, 2.75) is 39.3 Å². The molecule has 0 aliphatic rings. The third kappa shape index (κ3) is 4.51. The molecule has 0 spiro atoms. The van der Waals surface area contributed by atoms with Crippen molar-refractivity contribution < 1.29 is 14.3 Å². The maximum absolute atomic E-state index is 12.4. The molecule has 1 amide bonds. The molecule has 128 valence electrons. The molecule has 0 aliphatic heterocycles. The standard InChI is InChI=1S/C20H25NO3/c1-5-18(16-11-12-19(23-4)14(2)13-16)21-20(22)15(3)24-17-9-7-6-8-10-17/h6-13,15,18H,5H2,1-4H3,(H,21,22)/t15-,18+/m1/s1. The fraction of sp³-hybridized carbons (Fsp3) is 0.350. The average Bonchev–Trinajstić information content (AvgIpc) is 2.60. The number of carbonyl (C=O) groups is 1. The molecule has 0 fully saturated rings. The van der Waals surface area contributed by atoms with E-state index in [0.717, 1.165) is 23.3 Å². The molecule has 0 bridgehead atoms. The van der Waals surface area contributed by atoms with E-state index >= 15 is 0 Å². The predicted molar refractivity (Wildman–Crippen MR) is 95.4 cm³/mol. The van der Waals surface area contributed by atoms with Crippen LogP contribution >= 0.6 is 0 Å². The first-order valence-electron chi connectivity index (χ1n) is 8.21. The fourth-order valence-corrected chi connectivity index (χ4v) is 2.59. The topological polar surface area (TPSA) is 47.6 Å². The first kappa shape index (κ1) is 17.9. The zero-order valence-corrected chi connectivity index (χ0v) is 14.7. The largest absolute Gasteiger partial charge is 0.496 e. The van der Waals surface area contributed by atoms with Crippen LogP contribution < -0.4 is 14.8 Å². The molecule has 2 aromatic carbocycles. The summed E-state index contributed by atoms with van der Waals surface area (Å²) in [5.74, 6) is 1.41. The van der Waals surface area contributed by atoms with Crippen molar-refractivity contribution in [2.75, 3.05) is 7.11 Å². The van der Waals surface area contributed by atoms with Crippen LogP contribution in [0.25, 0.3) is 0 Å². The SMILES string of the molecule is CC[C@H](NC(=O)[C@@H](C)Oc1ccccc1)c1ccc(OC)c(C)c1. The molecule has 4 heteroatoms. The van der Waals surface area contributed by atoms with Gasteiger partial charge in [0.15, 0.2) is 6.10 Å². The van der Waals surface area contributed by atoms with E-state index in [1.165, 1.54) is 0 Å². The average molecular weight is 327 g/mol. The first-order chi connectivity index (χ1) is 11.5. The lowest BCUT2D eigenvalue weighted by atomic mass is 10.0. The van der Waals surface area contributed by atoms with E-state index in [4.69, 9.17) is 9.47 Å². The third-order valence-electron chi connectivity index (χ3n) is 3.97. The molecule has 0 heterocycles. The highest BCUT2D eigenvalue weighted by molar-refractivity contribution is 5.81. The van der Waals surface area contributed by atoms with Gasteiger partial charge in [-0.05, 0) is 49.6 Å². The van der Waals surface area contributed by atoms with Crippen LogP contribution in [-0.2, 0) is 4.79 Å². The molecule has 2 aromatic rings. The van der Waals surface area contributed by atoms with E-state index in [1.807, 2.05) is 56.3 Å². The third-order valence-corrected chi connectivity index (χ3v) is 3.97. The van der Waals surface area contributed by atoms with Crippen LogP contribution in [0.4, 0.5) is 0 Å². The molecule has 24 heavy (non-hydrogen) atoms. The molecular weight excluding hydrogens is 302 g/mol. The lowest BCUT2D eigenvalue weighted by Crippen LogP contribution is -2.38. The highest BCUT2D eigenvalue weighted by Gasteiger charge is 2.19. The van der Waals surface area contributed by atoms with Gasteiger partial charge in [-0.1, -0.05) is 37.3 Å². The molecule has 2 atom stereocenters. The molecule has 0 radical (unpaired) electrons. The van der Waals surface area contributed by atoms with Crippen molar-refractivity contribution in [1.82, 2.24) is 5.32 Å². The second-order valence-electron chi connectivity index (χ2n) is 5.77. The fourth-order valence-electron chi connectivity index (χ4n) is 2.59. The Balaban J connectivity index is 2.03. The molecule has 0 unspecified atom stereocenters. The summed E-state index contributed by atoms with van der Waals surface area (Å²) in [7, 11) is 1.66. The summed E-state index contributed by atoms with van der Waals surface area (Å²) in [6.45, 7) is 5.81. The van der Waals surface area contributed by atoms with Crippen molar-refractivity contribution in [3.63, 3.8) is 0 Å².